The van der Waals surface area contributed by atoms with Gasteiger partial charge >= 0.3 is 0 Å². The number of allylic oxidation sites excluding steroid dienone is 2. The third-order valence-electron chi connectivity index (χ3n) is 5.87. The molecule has 3 nitrogen and oxygen atoms in total. The highest BCUT2D eigenvalue weighted by Gasteiger charge is 2.33. The number of nitrogens with zero attached hydrogens (tertiary/aromatic N) is 1. The molecule has 1 atom stereocenters. The standard InChI is InChI=1S/C28H33ClN2O/c1-4-19-30-27-24(16-12-22(3)29)18-20-31(28(27)25-14-10-21(2)11-15-25)26(32)17-13-23-8-6-5-7-9-23/h4-12,14-15,28,30H,1,13,16-20H2,2-3H3/b22-12+. The number of halogens is 1. The van der Waals surface area contributed by atoms with E-state index in [9.17, 15) is 4.79 Å². The van der Waals surface area contributed by atoms with Gasteiger partial charge < -0.3 is 10.2 Å². The number of benzene rings is 2. The van der Waals surface area contributed by atoms with Crippen molar-refractivity contribution < 1.29 is 4.79 Å². The number of amides is 1. The van der Waals surface area contributed by atoms with Crippen LogP contribution in [-0.4, -0.2) is 23.9 Å². The Morgan fingerprint density at radius 2 is 1.91 bits per heavy atom. The average molecular weight is 449 g/mol. The molecule has 3 rings (SSSR count). The number of hydrogen-bond acceptors (Lipinski definition) is 2. The van der Waals surface area contributed by atoms with Crippen LogP contribution in [0.3, 0.4) is 0 Å². The molecule has 0 spiro atoms. The maximum absolute atomic E-state index is 13.4. The zero-order chi connectivity index (χ0) is 22.9. The average Bonchev–Trinajstić information content (AvgIpc) is 2.80. The van der Waals surface area contributed by atoms with Crippen LogP contribution in [0.25, 0.3) is 0 Å². The fourth-order valence-electron chi connectivity index (χ4n) is 4.15. The van der Waals surface area contributed by atoms with Crippen LogP contribution in [0.1, 0.15) is 48.9 Å². The molecule has 2 aromatic rings. The quantitative estimate of drug-likeness (QED) is 0.446. The fourth-order valence-corrected chi connectivity index (χ4v) is 4.23. The molecular formula is C28H33ClN2O. The van der Waals surface area contributed by atoms with Gasteiger partial charge in [-0.05, 0) is 49.8 Å². The minimum absolute atomic E-state index is 0.133. The van der Waals surface area contributed by atoms with E-state index in [2.05, 4.69) is 55.2 Å². The number of hydrogen-bond donors (Lipinski definition) is 1. The van der Waals surface area contributed by atoms with E-state index in [1.165, 1.54) is 16.7 Å². The summed E-state index contributed by atoms with van der Waals surface area (Å²) >= 11 is 6.14. The van der Waals surface area contributed by atoms with E-state index >= 15 is 0 Å². The lowest BCUT2D eigenvalue weighted by molar-refractivity contribution is -0.133. The molecule has 0 aromatic heterocycles. The van der Waals surface area contributed by atoms with Crippen LogP contribution in [0.2, 0.25) is 0 Å². The van der Waals surface area contributed by atoms with Gasteiger partial charge in [0.15, 0.2) is 0 Å². The van der Waals surface area contributed by atoms with Crippen molar-refractivity contribution in [1.82, 2.24) is 10.2 Å². The highest BCUT2D eigenvalue weighted by atomic mass is 35.5. The van der Waals surface area contributed by atoms with Crippen LogP contribution in [0, 0.1) is 6.92 Å². The normalized spacial score (nSPS) is 16.8. The maximum atomic E-state index is 13.4. The van der Waals surface area contributed by atoms with Crippen molar-refractivity contribution in [3.8, 4) is 0 Å². The Balaban J connectivity index is 1.94. The Hall–Kier alpha value is -2.78. The van der Waals surface area contributed by atoms with Gasteiger partial charge in [-0.25, -0.2) is 0 Å². The molecule has 0 saturated heterocycles. The smallest absolute Gasteiger partial charge is 0.223 e. The van der Waals surface area contributed by atoms with Gasteiger partial charge in [-0.3, -0.25) is 4.79 Å². The van der Waals surface area contributed by atoms with Gasteiger partial charge in [0.2, 0.25) is 5.91 Å². The second-order valence-corrected chi connectivity index (χ2v) is 8.91. The largest absolute Gasteiger partial charge is 0.383 e. The van der Waals surface area contributed by atoms with Crippen LogP contribution in [0.15, 0.2) is 89.6 Å². The van der Waals surface area contributed by atoms with Crippen LogP contribution in [-0.2, 0) is 11.2 Å². The summed E-state index contributed by atoms with van der Waals surface area (Å²) in [7, 11) is 0. The summed E-state index contributed by atoms with van der Waals surface area (Å²) in [5, 5.41) is 4.35. The van der Waals surface area contributed by atoms with Crippen molar-refractivity contribution in [1.29, 1.82) is 0 Å². The van der Waals surface area contributed by atoms with Gasteiger partial charge in [-0.15, -0.1) is 6.58 Å². The van der Waals surface area contributed by atoms with E-state index < -0.39 is 0 Å². The Bertz CT molecular complexity index is 972. The fraction of sp³-hybridized carbons (Fsp3) is 0.321. The summed E-state index contributed by atoms with van der Waals surface area (Å²) in [6.45, 7) is 9.21. The summed E-state index contributed by atoms with van der Waals surface area (Å²) in [6, 6.07) is 18.6. The van der Waals surface area contributed by atoms with Crippen LogP contribution < -0.4 is 5.32 Å². The number of carbonyl (C=O) groups is 1. The molecule has 0 radical (unpaired) electrons. The molecule has 4 heteroatoms. The minimum Gasteiger partial charge on any atom is -0.383 e. The zero-order valence-electron chi connectivity index (χ0n) is 19.1. The van der Waals surface area contributed by atoms with Crippen molar-refractivity contribution in [3.63, 3.8) is 0 Å². The molecule has 1 unspecified atom stereocenters. The SMILES string of the molecule is C=CCNC1=C(C/C=C(\C)Cl)CCN(C(=O)CCc2ccccc2)C1c1ccc(C)cc1. The lowest BCUT2D eigenvalue weighted by Gasteiger charge is -2.40. The third-order valence-corrected chi connectivity index (χ3v) is 6.03. The molecule has 168 valence electrons. The van der Waals surface area contributed by atoms with Gasteiger partial charge in [0, 0.05) is 30.2 Å². The second kappa shape index (κ2) is 11.7. The second-order valence-electron chi connectivity index (χ2n) is 8.32. The molecule has 2 aromatic carbocycles. The summed E-state index contributed by atoms with van der Waals surface area (Å²) < 4.78 is 0. The van der Waals surface area contributed by atoms with E-state index in [1.807, 2.05) is 42.2 Å². The molecule has 1 N–H and O–H groups in total. The Morgan fingerprint density at radius 3 is 2.56 bits per heavy atom. The van der Waals surface area contributed by atoms with E-state index in [1.54, 1.807) is 0 Å². The van der Waals surface area contributed by atoms with E-state index in [-0.39, 0.29) is 11.9 Å². The van der Waals surface area contributed by atoms with Crippen molar-refractivity contribution in [2.24, 2.45) is 0 Å². The van der Waals surface area contributed by atoms with Gasteiger partial charge in [-0.2, -0.15) is 0 Å². The molecule has 0 fully saturated rings. The summed E-state index contributed by atoms with van der Waals surface area (Å²) in [5.41, 5.74) is 5.91. The lowest BCUT2D eigenvalue weighted by atomic mass is 9.90. The molecule has 0 bridgehead atoms. The lowest BCUT2D eigenvalue weighted by Crippen LogP contribution is -2.43. The van der Waals surface area contributed by atoms with Gasteiger partial charge in [-0.1, -0.05) is 83.9 Å². The molecule has 1 heterocycles. The van der Waals surface area contributed by atoms with Crippen LogP contribution in [0.4, 0.5) is 0 Å². The van der Waals surface area contributed by atoms with Gasteiger partial charge in [0.25, 0.3) is 0 Å². The summed E-state index contributed by atoms with van der Waals surface area (Å²) in [4.78, 5) is 15.5. The van der Waals surface area contributed by atoms with Crippen molar-refractivity contribution >= 4 is 17.5 Å². The van der Waals surface area contributed by atoms with Crippen LogP contribution in [0.5, 0.6) is 0 Å². The predicted molar refractivity (Wildman–Crippen MR) is 134 cm³/mol. The number of nitrogens with one attached hydrogen (secondary N) is 1. The van der Waals surface area contributed by atoms with Gasteiger partial charge in [0.05, 0.1) is 6.04 Å². The zero-order valence-corrected chi connectivity index (χ0v) is 19.9. The highest BCUT2D eigenvalue weighted by molar-refractivity contribution is 6.29. The summed E-state index contributed by atoms with van der Waals surface area (Å²) in [6.07, 6.45) is 6.76. The molecule has 1 amide bonds. The highest BCUT2D eigenvalue weighted by Crippen LogP contribution is 2.36. The van der Waals surface area contributed by atoms with E-state index in [4.69, 9.17) is 11.6 Å². The molecule has 1 aliphatic rings. The van der Waals surface area contributed by atoms with E-state index in [0.717, 1.165) is 35.6 Å². The van der Waals surface area contributed by atoms with Crippen LogP contribution >= 0.6 is 11.6 Å². The number of carbonyl (C=O) groups excluding carboxylic acids is 1. The first-order valence-electron chi connectivity index (χ1n) is 11.3. The molecule has 0 aliphatic carbocycles. The summed E-state index contributed by atoms with van der Waals surface area (Å²) in [5.74, 6) is 0.181. The first kappa shape index (κ1) is 23.9. The first-order chi connectivity index (χ1) is 15.5. The minimum atomic E-state index is -0.133. The Kier molecular flexibility index (Phi) is 8.75. The monoisotopic (exact) mass is 448 g/mol. The number of aryl methyl sites for hydroxylation is 2. The Labute approximate surface area is 197 Å². The maximum Gasteiger partial charge on any atom is 0.223 e. The van der Waals surface area contributed by atoms with Gasteiger partial charge in [0.1, 0.15) is 0 Å². The third kappa shape index (κ3) is 6.37. The van der Waals surface area contributed by atoms with Crippen molar-refractivity contribution in [3.05, 3.63) is 106 Å². The topological polar surface area (TPSA) is 32.3 Å². The number of rotatable bonds is 9. The van der Waals surface area contributed by atoms with Crippen molar-refractivity contribution in [2.75, 3.05) is 13.1 Å². The molecule has 1 aliphatic heterocycles. The molecular weight excluding hydrogens is 416 g/mol. The predicted octanol–water partition coefficient (Wildman–Crippen LogP) is 6.46. The first-order valence-corrected chi connectivity index (χ1v) is 11.7. The Morgan fingerprint density at radius 1 is 1.19 bits per heavy atom. The molecule has 32 heavy (non-hydrogen) atoms. The van der Waals surface area contributed by atoms with E-state index in [0.29, 0.717) is 19.5 Å². The molecule has 0 saturated carbocycles. The van der Waals surface area contributed by atoms with Crippen molar-refractivity contribution in [2.45, 2.75) is 45.6 Å².